The van der Waals surface area contributed by atoms with Crippen LogP contribution in [0.2, 0.25) is 0 Å². The lowest BCUT2D eigenvalue weighted by atomic mass is 9.40. The molecule has 0 spiro atoms. The molecular weight excluding hydrogens is 614 g/mol. The normalized spacial score (nSPS) is 32.1. The van der Waals surface area contributed by atoms with Crippen LogP contribution in [0.25, 0.3) is 0 Å². The summed E-state index contributed by atoms with van der Waals surface area (Å²) in [7, 11) is 1.44. The zero-order valence-corrected chi connectivity index (χ0v) is 30.5. The minimum Gasteiger partial charge on any atom is -0.493 e. The predicted octanol–water partition coefficient (Wildman–Crippen LogP) is 6.71. The Morgan fingerprint density at radius 3 is 2.27 bits per heavy atom. The summed E-state index contributed by atoms with van der Waals surface area (Å²) in [4.78, 5) is 73.3. The summed E-state index contributed by atoms with van der Waals surface area (Å²) in [5.74, 6) is -4.03. The second-order valence-corrected chi connectivity index (χ2v) is 16.0. The second-order valence-electron chi connectivity index (χ2n) is 16.0. The van der Waals surface area contributed by atoms with Gasteiger partial charge in [0.2, 0.25) is 11.6 Å². The third kappa shape index (κ3) is 7.01. The summed E-state index contributed by atoms with van der Waals surface area (Å²) in [6.07, 6.45) is 10.6. The topological polar surface area (TPSA) is 134 Å². The van der Waals surface area contributed by atoms with Crippen molar-refractivity contribution >= 4 is 29.5 Å². The molecule has 1 saturated heterocycles. The number of carbonyl (C=O) groups is 5. The molecule has 1 N–H and O–H groups in total. The first kappa shape index (κ1) is 37.8. The van der Waals surface area contributed by atoms with Gasteiger partial charge in [0.25, 0.3) is 0 Å². The fourth-order valence-electron chi connectivity index (χ4n) is 8.89. The summed E-state index contributed by atoms with van der Waals surface area (Å²) < 4.78 is 17.4. The van der Waals surface area contributed by atoms with Gasteiger partial charge in [-0.3, -0.25) is 14.4 Å². The van der Waals surface area contributed by atoms with Crippen molar-refractivity contribution in [1.82, 2.24) is 5.48 Å². The lowest BCUT2D eigenvalue weighted by Gasteiger charge is -2.64. The van der Waals surface area contributed by atoms with Crippen LogP contribution in [0.15, 0.2) is 23.2 Å². The number of ketones is 2. The van der Waals surface area contributed by atoms with E-state index in [1.807, 2.05) is 20.8 Å². The molecule has 0 radical (unpaired) electrons. The molecule has 2 fully saturated rings. The molecule has 1 aliphatic heterocycles. The number of methoxy groups -OCH3 is 1. The highest BCUT2D eigenvalue weighted by molar-refractivity contribution is 6.08. The van der Waals surface area contributed by atoms with E-state index in [4.69, 9.17) is 19.0 Å². The molecule has 0 aromatic carbocycles. The Morgan fingerprint density at radius 1 is 1.04 bits per heavy atom. The number of hydrogen-bond acceptors (Lipinski definition) is 10. The van der Waals surface area contributed by atoms with Gasteiger partial charge >= 0.3 is 17.9 Å². The van der Waals surface area contributed by atoms with E-state index in [-0.39, 0.29) is 47.4 Å². The summed E-state index contributed by atoms with van der Waals surface area (Å²) in [6, 6.07) is -0.983. The highest BCUT2D eigenvalue weighted by atomic mass is 16.7. The van der Waals surface area contributed by atoms with Crippen molar-refractivity contribution in [2.75, 3.05) is 7.11 Å². The molecule has 268 valence electrons. The number of allylic oxidation sites excluding steroid dienone is 4. The predicted molar refractivity (Wildman–Crippen MR) is 179 cm³/mol. The lowest BCUT2D eigenvalue weighted by Crippen LogP contribution is -2.69. The third-order valence-electron chi connectivity index (χ3n) is 11.6. The van der Waals surface area contributed by atoms with Crippen LogP contribution in [0.1, 0.15) is 126 Å². The number of carbonyl (C=O) groups excluding carboxylic acids is 5. The molecule has 3 aliphatic carbocycles. The summed E-state index contributed by atoms with van der Waals surface area (Å²) >= 11 is 0. The van der Waals surface area contributed by atoms with Crippen molar-refractivity contribution in [3.8, 4) is 0 Å². The quantitative estimate of drug-likeness (QED) is 0.0919. The number of Topliss-reactive ketones (excluding diaryl/α,β-unsaturated/α-hetero) is 2. The third-order valence-corrected chi connectivity index (χ3v) is 11.6. The first-order chi connectivity index (χ1) is 22.5. The van der Waals surface area contributed by atoms with Crippen LogP contribution in [0.5, 0.6) is 0 Å². The summed E-state index contributed by atoms with van der Waals surface area (Å²) in [5, 5.41) is 0. The van der Waals surface area contributed by atoms with Crippen molar-refractivity contribution in [3.05, 3.63) is 23.2 Å². The van der Waals surface area contributed by atoms with Crippen LogP contribution in [-0.2, 0) is 43.0 Å². The van der Waals surface area contributed by atoms with E-state index in [0.29, 0.717) is 24.8 Å². The molecule has 1 heterocycles. The van der Waals surface area contributed by atoms with Crippen molar-refractivity contribution in [2.45, 2.75) is 138 Å². The molecule has 1 unspecified atom stereocenters. The molecule has 4 aliphatic rings. The van der Waals surface area contributed by atoms with Gasteiger partial charge in [0.05, 0.1) is 18.9 Å². The van der Waals surface area contributed by atoms with Gasteiger partial charge in [-0.1, -0.05) is 79.1 Å². The SMILES string of the molecule is CCCCCCCCCCC(NOC(=O)C(C)(C)C)C(=O)OC1=C[C@@H](C)[C@@H]2C[C@H]3OC(=O)C[C@H]4C(C)=C(OC)C(=O)[C@H]([C@@]2(C)C1=O)[C@@]34C. The Balaban J connectivity index is 1.58. The van der Waals surface area contributed by atoms with E-state index in [1.54, 1.807) is 33.8 Å². The zero-order valence-electron chi connectivity index (χ0n) is 30.5. The summed E-state index contributed by atoms with van der Waals surface area (Å²) in [6.45, 7) is 14.8. The first-order valence-corrected chi connectivity index (χ1v) is 18.0. The van der Waals surface area contributed by atoms with Crippen molar-refractivity contribution in [1.29, 1.82) is 0 Å². The van der Waals surface area contributed by atoms with Crippen LogP contribution in [0.4, 0.5) is 0 Å². The maximum absolute atomic E-state index is 14.6. The number of fused-ring (bicyclic) bond motifs is 2. The zero-order chi connectivity index (χ0) is 35.6. The van der Waals surface area contributed by atoms with Gasteiger partial charge in [-0.2, -0.15) is 0 Å². The molecule has 4 rings (SSSR count). The van der Waals surface area contributed by atoms with Gasteiger partial charge in [0, 0.05) is 22.7 Å². The van der Waals surface area contributed by atoms with Crippen LogP contribution < -0.4 is 5.48 Å². The van der Waals surface area contributed by atoms with Crippen molar-refractivity contribution in [2.24, 2.45) is 39.9 Å². The van der Waals surface area contributed by atoms with Gasteiger partial charge in [0.15, 0.2) is 11.5 Å². The number of hydroxylamine groups is 1. The number of esters is 2. The van der Waals surface area contributed by atoms with E-state index in [9.17, 15) is 24.0 Å². The molecule has 0 aromatic heterocycles. The molecule has 8 atom stereocenters. The first-order valence-electron chi connectivity index (χ1n) is 18.0. The fourth-order valence-corrected chi connectivity index (χ4v) is 8.89. The van der Waals surface area contributed by atoms with E-state index in [0.717, 1.165) is 19.3 Å². The fraction of sp³-hybridized carbons (Fsp3) is 0.763. The molecule has 0 aromatic rings. The highest BCUT2D eigenvalue weighted by Gasteiger charge is 2.72. The molecule has 10 nitrogen and oxygen atoms in total. The second kappa shape index (κ2) is 14.9. The standard InChI is InChI=1S/C38H57NO9/c1-10-11-12-13-14-15-16-17-18-26(39-48-35(44)36(4,5)6)34(43)46-27-19-22(2)24-20-28-37(7)25(21-29(40)47-28)23(3)31(45-9)30(41)32(37)38(24,8)33(27)42/h19,22,24-26,28,32,39H,10-18,20-21H2,1-9H3/t22-,24+,25+,26?,28-,32+,37-,38+/m1/s1. The Labute approximate surface area is 286 Å². The maximum atomic E-state index is 14.6. The van der Waals surface area contributed by atoms with Gasteiger partial charge in [-0.25, -0.2) is 9.59 Å². The smallest absolute Gasteiger partial charge is 0.332 e. The van der Waals surface area contributed by atoms with Gasteiger partial charge in [-0.05, 0) is 64.0 Å². The van der Waals surface area contributed by atoms with Crippen molar-refractivity contribution in [3.63, 3.8) is 0 Å². The van der Waals surface area contributed by atoms with Gasteiger partial charge in [-0.15, -0.1) is 5.48 Å². The van der Waals surface area contributed by atoms with Crippen LogP contribution in [-0.4, -0.2) is 48.7 Å². The number of rotatable bonds is 14. The van der Waals surface area contributed by atoms with E-state index in [1.165, 1.54) is 32.8 Å². The minimum atomic E-state index is -1.25. The Kier molecular flexibility index (Phi) is 11.7. The molecular formula is C38H57NO9. The number of nitrogens with one attached hydrogen (secondary N) is 1. The largest absolute Gasteiger partial charge is 0.493 e. The molecule has 10 heteroatoms. The average Bonchev–Trinajstić information content (AvgIpc) is 3.01. The molecule has 48 heavy (non-hydrogen) atoms. The lowest BCUT2D eigenvalue weighted by molar-refractivity contribution is -0.217. The number of unbranched alkanes of at least 4 members (excludes halogenated alkanes) is 7. The van der Waals surface area contributed by atoms with Crippen LogP contribution in [0, 0.1) is 39.9 Å². The van der Waals surface area contributed by atoms with E-state index < -0.39 is 52.0 Å². The average molecular weight is 672 g/mol. The van der Waals surface area contributed by atoms with Gasteiger partial charge in [0.1, 0.15) is 12.1 Å². The number of ether oxygens (including phenoxy) is 3. The molecule has 1 saturated carbocycles. The highest BCUT2D eigenvalue weighted by Crippen LogP contribution is 2.67. The van der Waals surface area contributed by atoms with Crippen LogP contribution in [0.3, 0.4) is 0 Å². The van der Waals surface area contributed by atoms with Crippen LogP contribution >= 0.6 is 0 Å². The Bertz CT molecular complexity index is 1340. The summed E-state index contributed by atoms with van der Waals surface area (Å²) in [5.41, 5.74) is 0.460. The molecule has 0 bridgehead atoms. The van der Waals surface area contributed by atoms with Gasteiger partial charge < -0.3 is 19.0 Å². The minimum absolute atomic E-state index is 0.0943. The Morgan fingerprint density at radius 2 is 1.67 bits per heavy atom. The maximum Gasteiger partial charge on any atom is 0.332 e. The molecule has 0 amide bonds. The number of hydrogen-bond donors (Lipinski definition) is 1. The monoisotopic (exact) mass is 671 g/mol. The Hall–Kier alpha value is -3.01. The van der Waals surface area contributed by atoms with E-state index in [2.05, 4.69) is 12.4 Å². The van der Waals surface area contributed by atoms with Crippen molar-refractivity contribution < 1.29 is 43.0 Å². The van der Waals surface area contributed by atoms with E-state index >= 15 is 0 Å².